The van der Waals surface area contributed by atoms with E-state index in [9.17, 15) is 86.7 Å². The Bertz CT molecular complexity index is 1550. The number of hydrogen-bond donors (Lipinski definition) is 2. The maximum absolute atomic E-state index is 14.1. The number of non-ortho nitro benzene ring substituents is 1. The first-order chi connectivity index (χ1) is 22.1. The Hall–Kier alpha value is -4.60. The van der Waals surface area contributed by atoms with E-state index >= 15 is 0 Å². The SMILES string of the molecule is CC(=O)OCC1=C(C(=O)O)C(c2cccc([N+](=O)[O-])c2)C(C(=O)OCCCC(F)(F)C(F)(F)C(F)(F)C(F)(F)C(F)(F)C(F)(F)F)=C(C)N1. The lowest BCUT2D eigenvalue weighted by molar-refractivity contribution is -0.440. The van der Waals surface area contributed by atoms with Gasteiger partial charge in [-0.3, -0.25) is 14.9 Å². The summed E-state index contributed by atoms with van der Waals surface area (Å²) >= 11 is 0. The normalized spacial score (nSPS) is 16.7. The second kappa shape index (κ2) is 13.7. The van der Waals surface area contributed by atoms with Gasteiger partial charge in [-0.15, -0.1) is 0 Å². The average Bonchev–Trinajstić information content (AvgIpc) is 2.96. The number of nitrogens with zero attached hydrogens (tertiary/aromatic N) is 1. The number of carbonyl (C=O) groups excluding carboxylic acids is 2. The van der Waals surface area contributed by atoms with Crippen LogP contribution in [0.5, 0.6) is 0 Å². The monoisotopic (exact) mass is 736 g/mol. The number of rotatable bonds is 14. The maximum atomic E-state index is 14.1. The van der Waals surface area contributed by atoms with Crippen LogP contribution in [0.15, 0.2) is 46.8 Å². The minimum absolute atomic E-state index is 0.287. The summed E-state index contributed by atoms with van der Waals surface area (Å²) < 4.78 is 183. The number of carboxylic acids is 1. The summed E-state index contributed by atoms with van der Waals surface area (Å²) in [5.41, 5.74) is -3.09. The third-order valence-electron chi connectivity index (χ3n) is 6.80. The van der Waals surface area contributed by atoms with Crippen LogP contribution in [0.2, 0.25) is 0 Å². The lowest BCUT2D eigenvalue weighted by Crippen LogP contribution is -2.70. The number of allylic oxidation sites excluding steroid dienone is 1. The highest BCUT2D eigenvalue weighted by Gasteiger charge is 2.90. The van der Waals surface area contributed by atoms with Crippen molar-refractivity contribution in [3.8, 4) is 0 Å². The van der Waals surface area contributed by atoms with E-state index in [1.807, 2.05) is 0 Å². The molecule has 49 heavy (non-hydrogen) atoms. The van der Waals surface area contributed by atoms with E-state index < -0.39 is 107 Å². The largest absolute Gasteiger partial charge is 0.478 e. The molecule has 1 unspecified atom stereocenters. The molecule has 0 saturated heterocycles. The van der Waals surface area contributed by atoms with Crippen LogP contribution in [-0.2, 0) is 23.9 Å². The van der Waals surface area contributed by atoms with Crippen LogP contribution in [0.4, 0.5) is 62.8 Å². The Balaban J connectivity index is 2.40. The van der Waals surface area contributed by atoms with Gasteiger partial charge in [0.2, 0.25) is 0 Å². The van der Waals surface area contributed by atoms with Crippen LogP contribution >= 0.6 is 0 Å². The van der Waals surface area contributed by atoms with Gasteiger partial charge in [0.25, 0.3) is 5.69 Å². The van der Waals surface area contributed by atoms with Crippen molar-refractivity contribution in [2.24, 2.45) is 0 Å². The van der Waals surface area contributed by atoms with Gasteiger partial charge < -0.3 is 19.9 Å². The molecule has 2 rings (SSSR count). The van der Waals surface area contributed by atoms with Crippen molar-refractivity contribution >= 4 is 23.6 Å². The van der Waals surface area contributed by atoms with Crippen LogP contribution in [0.3, 0.4) is 0 Å². The molecule has 274 valence electrons. The van der Waals surface area contributed by atoms with Gasteiger partial charge >= 0.3 is 53.7 Å². The van der Waals surface area contributed by atoms with E-state index in [4.69, 9.17) is 4.74 Å². The molecule has 0 aromatic heterocycles. The van der Waals surface area contributed by atoms with Gasteiger partial charge in [-0.2, -0.15) is 57.1 Å². The first kappa shape index (κ1) is 40.6. The molecule has 10 nitrogen and oxygen atoms in total. The summed E-state index contributed by atoms with van der Waals surface area (Å²) in [5, 5.41) is 23.7. The number of nitro benzene ring substituents is 1. The Morgan fingerprint density at radius 1 is 0.878 bits per heavy atom. The summed E-state index contributed by atoms with van der Waals surface area (Å²) in [6.45, 7) is -0.210. The van der Waals surface area contributed by atoms with Crippen LogP contribution in [0, 0.1) is 10.1 Å². The van der Waals surface area contributed by atoms with Crippen molar-refractivity contribution in [3.05, 3.63) is 62.5 Å². The Morgan fingerprint density at radius 3 is 1.92 bits per heavy atom. The number of nitrogens with one attached hydrogen (secondary N) is 1. The number of carbonyl (C=O) groups is 3. The van der Waals surface area contributed by atoms with Crippen molar-refractivity contribution in [1.82, 2.24) is 5.32 Å². The highest BCUT2D eigenvalue weighted by atomic mass is 19.4. The minimum Gasteiger partial charge on any atom is -0.478 e. The molecule has 0 fully saturated rings. The van der Waals surface area contributed by atoms with E-state index in [0.717, 1.165) is 38.1 Å². The fourth-order valence-corrected chi connectivity index (χ4v) is 4.35. The fraction of sp³-hybridized carbons (Fsp3) is 0.500. The van der Waals surface area contributed by atoms with Gasteiger partial charge in [0, 0.05) is 31.2 Å². The molecule has 0 spiro atoms. The number of benzene rings is 1. The van der Waals surface area contributed by atoms with Crippen molar-refractivity contribution in [2.45, 2.75) is 68.4 Å². The second-order valence-corrected chi connectivity index (χ2v) is 10.2. The molecule has 0 saturated carbocycles. The van der Waals surface area contributed by atoms with Crippen molar-refractivity contribution in [3.63, 3.8) is 0 Å². The summed E-state index contributed by atoms with van der Waals surface area (Å²) in [5.74, 6) is -44.1. The fourth-order valence-electron chi connectivity index (χ4n) is 4.35. The van der Waals surface area contributed by atoms with Gasteiger partial charge in [0.15, 0.2) is 0 Å². The van der Waals surface area contributed by atoms with Gasteiger partial charge in [-0.25, -0.2) is 9.59 Å². The van der Waals surface area contributed by atoms with E-state index in [1.54, 1.807) is 0 Å². The van der Waals surface area contributed by atoms with E-state index in [-0.39, 0.29) is 17.0 Å². The van der Waals surface area contributed by atoms with E-state index in [2.05, 4.69) is 10.1 Å². The van der Waals surface area contributed by atoms with Gasteiger partial charge in [-0.05, 0) is 18.9 Å². The molecule has 0 aliphatic carbocycles. The van der Waals surface area contributed by atoms with Crippen LogP contribution in [0.25, 0.3) is 0 Å². The van der Waals surface area contributed by atoms with Crippen LogP contribution < -0.4 is 5.32 Å². The summed E-state index contributed by atoms with van der Waals surface area (Å²) in [6.07, 6.45) is -11.9. The number of ether oxygens (including phenoxy) is 2. The number of aliphatic carboxylic acids is 1. The molecular weight excluding hydrogens is 715 g/mol. The van der Waals surface area contributed by atoms with Crippen molar-refractivity contribution < 1.29 is 91.0 Å². The van der Waals surface area contributed by atoms with E-state index in [0.29, 0.717) is 0 Å². The quantitative estimate of drug-likeness (QED) is 0.0717. The zero-order chi connectivity index (χ0) is 38.1. The number of dihydropyridines is 1. The van der Waals surface area contributed by atoms with Crippen molar-refractivity contribution in [2.75, 3.05) is 13.2 Å². The van der Waals surface area contributed by atoms with Gasteiger partial charge in [-0.1, -0.05) is 12.1 Å². The van der Waals surface area contributed by atoms with Gasteiger partial charge in [0.05, 0.1) is 34.3 Å². The highest BCUT2D eigenvalue weighted by molar-refractivity contribution is 5.99. The maximum Gasteiger partial charge on any atom is 0.460 e. The Morgan fingerprint density at radius 2 is 1.43 bits per heavy atom. The summed E-state index contributed by atoms with van der Waals surface area (Å²) in [6, 6.07) is 3.93. The third kappa shape index (κ3) is 7.53. The molecule has 1 atom stereocenters. The zero-order valence-corrected chi connectivity index (χ0v) is 24.4. The molecule has 1 aliphatic heterocycles. The number of carboxylic acid groups (broad SMARTS) is 1. The van der Waals surface area contributed by atoms with Gasteiger partial charge in [0.1, 0.15) is 6.61 Å². The van der Waals surface area contributed by atoms with Crippen LogP contribution in [0.1, 0.15) is 38.2 Å². The summed E-state index contributed by atoms with van der Waals surface area (Å²) in [4.78, 5) is 47.1. The lowest BCUT2D eigenvalue weighted by atomic mass is 9.80. The molecule has 1 aromatic carbocycles. The zero-order valence-electron chi connectivity index (χ0n) is 24.4. The molecule has 1 heterocycles. The number of esters is 2. The summed E-state index contributed by atoms with van der Waals surface area (Å²) in [7, 11) is 0. The molecule has 23 heteroatoms. The molecule has 1 aromatic rings. The third-order valence-corrected chi connectivity index (χ3v) is 6.80. The van der Waals surface area contributed by atoms with E-state index in [1.165, 1.54) is 0 Å². The molecular formula is C26H21F13N2O8. The Kier molecular flexibility index (Phi) is 11.4. The Labute approximate surface area is 264 Å². The first-order valence-corrected chi connectivity index (χ1v) is 13.0. The molecule has 2 N–H and O–H groups in total. The lowest BCUT2D eigenvalue weighted by Gasteiger charge is -2.39. The topological polar surface area (TPSA) is 145 Å². The standard InChI is InChI=1S/C26H21F13N2O8/c1-11-16(17(13-5-3-6-14(9-13)41(46)47)18(19(43)44)15(40-11)10-49-12(2)42)20(45)48-8-4-7-21(27,28)22(29,30)23(31,32)24(33,34)25(35,36)26(37,38)39/h3,5-6,9,17,40H,4,7-8,10H2,1-2H3,(H,43,44). The highest BCUT2D eigenvalue weighted by Crippen LogP contribution is 2.60. The predicted octanol–water partition coefficient (Wildman–Crippen LogP) is 6.52. The average molecular weight is 736 g/mol. The first-order valence-electron chi connectivity index (χ1n) is 13.0. The predicted molar refractivity (Wildman–Crippen MR) is 134 cm³/mol. The number of halogens is 13. The molecule has 0 amide bonds. The molecule has 0 radical (unpaired) electrons. The van der Waals surface area contributed by atoms with Crippen molar-refractivity contribution in [1.29, 1.82) is 0 Å². The minimum atomic E-state index is -8.08. The smallest absolute Gasteiger partial charge is 0.460 e. The number of alkyl halides is 13. The number of nitro groups is 1. The molecule has 1 aliphatic rings. The number of hydrogen-bond acceptors (Lipinski definition) is 8. The van der Waals surface area contributed by atoms with Crippen LogP contribution in [-0.4, -0.2) is 76.9 Å². The second-order valence-electron chi connectivity index (χ2n) is 10.2. The molecule has 0 bridgehead atoms.